The predicted octanol–water partition coefficient (Wildman–Crippen LogP) is 2.34. The minimum absolute atomic E-state index is 0.0289. The number of amides is 1. The first-order valence-corrected chi connectivity index (χ1v) is 6.37. The Labute approximate surface area is 114 Å². The molecule has 0 saturated heterocycles. The summed E-state index contributed by atoms with van der Waals surface area (Å²) in [5.41, 5.74) is -0.819. The van der Waals surface area contributed by atoms with Gasteiger partial charge in [-0.3, -0.25) is 9.59 Å². The summed E-state index contributed by atoms with van der Waals surface area (Å²) in [6, 6.07) is 2.65. The summed E-state index contributed by atoms with van der Waals surface area (Å²) < 4.78 is 26.4. The fourth-order valence-electron chi connectivity index (χ4n) is 2.45. The molecule has 1 fully saturated rings. The lowest BCUT2D eigenvalue weighted by Crippen LogP contribution is -2.43. The summed E-state index contributed by atoms with van der Waals surface area (Å²) in [5.74, 6) is -3.14. The monoisotopic (exact) mass is 283 g/mol. The molecule has 6 heteroatoms. The Kier molecular flexibility index (Phi) is 4.01. The Morgan fingerprint density at radius 2 is 2.00 bits per heavy atom. The molecule has 4 nitrogen and oxygen atoms in total. The third kappa shape index (κ3) is 3.12. The van der Waals surface area contributed by atoms with Crippen LogP contribution in [0.2, 0.25) is 0 Å². The Balaban J connectivity index is 2.01. The molecule has 0 atom stereocenters. The second-order valence-electron chi connectivity index (χ2n) is 5.23. The average molecular weight is 283 g/mol. The summed E-state index contributed by atoms with van der Waals surface area (Å²) >= 11 is 0. The third-order valence-electron chi connectivity index (χ3n) is 3.74. The molecule has 0 radical (unpaired) electrons. The second-order valence-corrected chi connectivity index (χ2v) is 5.23. The number of carbonyl (C=O) groups is 2. The lowest BCUT2D eigenvalue weighted by atomic mass is 9.66. The van der Waals surface area contributed by atoms with E-state index in [-0.39, 0.29) is 18.5 Å². The number of halogens is 2. The van der Waals surface area contributed by atoms with Gasteiger partial charge in [-0.15, -0.1) is 0 Å². The van der Waals surface area contributed by atoms with Gasteiger partial charge in [0.05, 0.1) is 12.0 Å². The van der Waals surface area contributed by atoms with Crippen LogP contribution < -0.4 is 5.32 Å². The predicted molar refractivity (Wildman–Crippen MR) is 67.2 cm³/mol. The van der Waals surface area contributed by atoms with Crippen molar-refractivity contribution in [3.05, 3.63) is 35.4 Å². The van der Waals surface area contributed by atoms with Gasteiger partial charge in [0, 0.05) is 6.54 Å². The van der Waals surface area contributed by atoms with Crippen molar-refractivity contribution in [2.75, 3.05) is 6.54 Å². The highest BCUT2D eigenvalue weighted by molar-refractivity contribution is 5.94. The van der Waals surface area contributed by atoms with Crippen LogP contribution in [0, 0.1) is 17.0 Å². The van der Waals surface area contributed by atoms with E-state index in [1.807, 2.05) is 0 Å². The molecule has 0 heterocycles. The Morgan fingerprint density at radius 3 is 2.55 bits per heavy atom. The molecular weight excluding hydrogens is 268 g/mol. The van der Waals surface area contributed by atoms with Crippen molar-refractivity contribution < 1.29 is 23.5 Å². The van der Waals surface area contributed by atoms with E-state index in [2.05, 4.69) is 5.32 Å². The van der Waals surface area contributed by atoms with Gasteiger partial charge < -0.3 is 10.4 Å². The summed E-state index contributed by atoms with van der Waals surface area (Å²) in [7, 11) is 0. The SMILES string of the molecule is O=C(O)CC1(CNC(=O)c2cc(F)ccc2F)CCC1. The normalized spacial score (nSPS) is 16.3. The molecule has 0 aliphatic heterocycles. The highest BCUT2D eigenvalue weighted by Gasteiger charge is 2.39. The molecule has 1 aromatic carbocycles. The molecule has 0 aromatic heterocycles. The van der Waals surface area contributed by atoms with Gasteiger partial charge in [0.1, 0.15) is 11.6 Å². The number of aliphatic carboxylic acids is 1. The van der Waals surface area contributed by atoms with Gasteiger partial charge in [-0.05, 0) is 36.5 Å². The fraction of sp³-hybridized carbons (Fsp3) is 0.429. The number of hydrogen-bond donors (Lipinski definition) is 2. The molecule has 1 aromatic rings. The highest BCUT2D eigenvalue weighted by atomic mass is 19.1. The van der Waals surface area contributed by atoms with Crippen LogP contribution in [0.4, 0.5) is 8.78 Å². The van der Waals surface area contributed by atoms with Crippen molar-refractivity contribution in [2.24, 2.45) is 5.41 Å². The maximum absolute atomic E-state index is 13.4. The molecular formula is C14H15F2NO3. The summed E-state index contributed by atoms with van der Waals surface area (Å²) in [6.07, 6.45) is 2.31. The van der Waals surface area contributed by atoms with Gasteiger partial charge in [-0.2, -0.15) is 0 Å². The van der Waals surface area contributed by atoms with E-state index in [0.29, 0.717) is 12.8 Å². The molecule has 0 bridgehead atoms. The van der Waals surface area contributed by atoms with E-state index in [1.165, 1.54) is 0 Å². The minimum atomic E-state index is -0.920. The molecule has 1 saturated carbocycles. The van der Waals surface area contributed by atoms with Crippen molar-refractivity contribution in [3.8, 4) is 0 Å². The zero-order valence-electron chi connectivity index (χ0n) is 10.8. The summed E-state index contributed by atoms with van der Waals surface area (Å²) in [4.78, 5) is 22.6. The van der Waals surface area contributed by atoms with E-state index in [0.717, 1.165) is 24.6 Å². The van der Waals surface area contributed by atoms with E-state index in [4.69, 9.17) is 5.11 Å². The van der Waals surface area contributed by atoms with Crippen LogP contribution in [-0.4, -0.2) is 23.5 Å². The first-order valence-electron chi connectivity index (χ1n) is 6.37. The topological polar surface area (TPSA) is 66.4 Å². The van der Waals surface area contributed by atoms with Gasteiger partial charge in [0.15, 0.2) is 0 Å². The first-order chi connectivity index (χ1) is 9.42. The molecule has 108 valence electrons. The van der Waals surface area contributed by atoms with E-state index in [9.17, 15) is 18.4 Å². The Bertz CT molecular complexity index is 541. The molecule has 2 N–H and O–H groups in total. The van der Waals surface area contributed by atoms with Crippen LogP contribution in [-0.2, 0) is 4.79 Å². The van der Waals surface area contributed by atoms with Crippen LogP contribution in [0.15, 0.2) is 18.2 Å². The van der Waals surface area contributed by atoms with Gasteiger partial charge in [-0.25, -0.2) is 8.78 Å². The standard InChI is InChI=1S/C14H15F2NO3/c15-9-2-3-11(16)10(6-9)13(20)17-8-14(4-1-5-14)7-12(18)19/h2-3,6H,1,4-5,7-8H2,(H,17,20)(H,18,19). The van der Waals surface area contributed by atoms with Crippen molar-refractivity contribution in [2.45, 2.75) is 25.7 Å². The molecule has 1 amide bonds. The lowest BCUT2D eigenvalue weighted by molar-refractivity contribution is -0.141. The maximum Gasteiger partial charge on any atom is 0.303 e. The largest absolute Gasteiger partial charge is 0.481 e. The van der Waals surface area contributed by atoms with E-state index >= 15 is 0 Å². The molecule has 1 aliphatic carbocycles. The molecule has 0 unspecified atom stereocenters. The average Bonchev–Trinajstić information content (AvgIpc) is 2.34. The van der Waals surface area contributed by atoms with Crippen molar-refractivity contribution in [1.82, 2.24) is 5.32 Å². The van der Waals surface area contributed by atoms with Gasteiger partial charge in [0.25, 0.3) is 5.91 Å². The Hall–Kier alpha value is -1.98. The number of carboxylic acid groups (broad SMARTS) is 1. The van der Waals surface area contributed by atoms with Gasteiger partial charge in [-0.1, -0.05) is 6.42 Å². The van der Waals surface area contributed by atoms with E-state index < -0.39 is 28.9 Å². The van der Waals surface area contributed by atoms with Crippen LogP contribution in [0.5, 0.6) is 0 Å². The van der Waals surface area contributed by atoms with Crippen LogP contribution in [0.25, 0.3) is 0 Å². The first kappa shape index (κ1) is 14.4. The smallest absolute Gasteiger partial charge is 0.303 e. The second kappa shape index (κ2) is 5.56. The molecule has 2 rings (SSSR count). The van der Waals surface area contributed by atoms with E-state index in [1.54, 1.807) is 0 Å². The van der Waals surface area contributed by atoms with Gasteiger partial charge >= 0.3 is 5.97 Å². The maximum atomic E-state index is 13.4. The zero-order chi connectivity index (χ0) is 14.8. The highest BCUT2D eigenvalue weighted by Crippen LogP contribution is 2.43. The minimum Gasteiger partial charge on any atom is -0.481 e. The fourth-order valence-corrected chi connectivity index (χ4v) is 2.45. The van der Waals surface area contributed by atoms with Gasteiger partial charge in [0.2, 0.25) is 0 Å². The molecule has 1 aliphatic rings. The number of carboxylic acids is 1. The summed E-state index contributed by atoms with van der Waals surface area (Å²) in [6.45, 7) is 0.161. The number of hydrogen-bond acceptors (Lipinski definition) is 2. The molecule has 20 heavy (non-hydrogen) atoms. The number of nitrogens with one attached hydrogen (secondary N) is 1. The third-order valence-corrected chi connectivity index (χ3v) is 3.74. The van der Waals surface area contributed by atoms with Crippen LogP contribution in [0.1, 0.15) is 36.0 Å². The number of benzene rings is 1. The number of carbonyl (C=O) groups excluding carboxylic acids is 1. The van der Waals surface area contributed by atoms with Crippen molar-refractivity contribution in [1.29, 1.82) is 0 Å². The number of rotatable bonds is 5. The van der Waals surface area contributed by atoms with Crippen molar-refractivity contribution >= 4 is 11.9 Å². The quantitative estimate of drug-likeness (QED) is 0.871. The zero-order valence-corrected chi connectivity index (χ0v) is 10.8. The summed E-state index contributed by atoms with van der Waals surface area (Å²) in [5, 5.41) is 11.4. The Morgan fingerprint density at radius 1 is 1.30 bits per heavy atom. The van der Waals surface area contributed by atoms with Crippen LogP contribution in [0.3, 0.4) is 0 Å². The van der Waals surface area contributed by atoms with Crippen molar-refractivity contribution in [3.63, 3.8) is 0 Å². The lowest BCUT2D eigenvalue weighted by Gasteiger charge is -2.40. The van der Waals surface area contributed by atoms with Crippen LogP contribution >= 0.6 is 0 Å². The molecule has 0 spiro atoms.